The van der Waals surface area contributed by atoms with Gasteiger partial charge in [-0.3, -0.25) is 33.8 Å². The van der Waals surface area contributed by atoms with E-state index < -0.39 is 18.1 Å². The largest absolute Gasteiger partial charge is 0.425 e. The Balaban J connectivity index is 1.19. The minimum absolute atomic E-state index is 0.226. The molecule has 2 saturated heterocycles. The summed E-state index contributed by atoms with van der Waals surface area (Å²) < 4.78 is 5.57. The second kappa shape index (κ2) is 10.5. The highest BCUT2D eigenvalue weighted by atomic mass is 16.5. The highest BCUT2D eigenvalue weighted by Gasteiger charge is 2.50. The molecule has 5 amide bonds. The predicted octanol–water partition coefficient (Wildman–Crippen LogP) is 3.47. The Morgan fingerprint density at radius 1 is 0.786 bits per heavy atom. The molecule has 6 rings (SSSR count). The van der Waals surface area contributed by atoms with Gasteiger partial charge < -0.3 is 9.64 Å². The summed E-state index contributed by atoms with van der Waals surface area (Å²) >= 11 is 0. The van der Waals surface area contributed by atoms with E-state index >= 15 is 0 Å². The van der Waals surface area contributed by atoms with Gasteiger partial charge in [-0.2, -0.15) is 0 Å². The molecule has 1 aromatic carbocycles. The number of benzene rings is 1. The lowest BCUT2D eigenvalue weighted by atomic mass is 9.81. The summed E-state index contributed by atoms with van der Waals surface area (Å²) in [6.07, 6.45) is 8.27. The summed E-state index contributed by atoms with van der Waals surface area (Å²) in [4.78, 5) is 82.0. The maximum atomic E-state index is 13.8. The number of ether oxygens (including phenoxy) is 1. The maximum Gasteiger partial charge on any atom is 0.331 e. The van der Waals surface area contributed by atoms with Gasteiger partial charge in [-0.1, -0.05) is 31.8 Å². The number of imide groups is 2. The predicted molar refractivity (Wildman–Crippen MR) is 152 cm³/mol. The van der Waals surface area contributed by atoms with E-state index in [-0.39, 0.29) is 65.5 Å². The Morgan fingerprint density at radius 3 is 1.76 bits per heavy atom. The van der Waals surface area contributed by atoms with Crippen LogP contribution in [0, 0.1) is 23.7 Å². The molecule has 42 heavy (non-hydrogen) atoms. The minimum Gasteiger partial charge on any atom is -0.425 e. The Hall–Kier alpha value is -3.82. The highest BCUT2D eigenvalue weighted by Crippen LogP contribution is 2.42. The number of esters is 1. The molecule has 1 aromatic rings. The lowest BCUT2D eigenvalue weighted by molar-refractivity contribution is -0.148. The van der Waals surface area contributed by atoms with Crippen molar-refractivity contribution in [2.24, 2.45) is 23.7 Å². The van der Waals surface area contributed by atoms with Crippen LogP contribution in [-0.4, -0.2) is 63.9 Å². The molecule has 5 aliphatic rings. The Kier molecular flexibility index (Phi) is 7.06. The van der Waals surface area contributed by atoms with E-state index in [1.165, 1.54) is 0 Å². The number of carbonyl (C=O) groups excluding carboxylic acids is 6. The van der Waals surface area contributed by atoms with Gasteiger partial charge in [-0.15, -0.1) is 0 Å². The van der Waals surface area contributed by atoms with Gasteiger partial charge in [0.2, 0.25) is 29.5 Å². The average molecular weight is 576 g/mol. The van der Waals surface area contributed by atoms with Crippen molar-refractivity contribution in [1.82, 2.24) is 9.80 Å². The molecule has 0 unspecified atom stereocenters. The number of fused-ring (bicyclic) bond motifs is 3. The smallest absolute Gasteiger partial charge is 0.331 e. The van der Waals surface area contributed by atoms with Crippen molar-refractivity contribution >= 4 is 46.8 Å². The molecule has 0 radical (unpaired) electrons. The van der Waals surface area contributed by atoms with Gasteiger partial charge in [-0.05, 0) is 70.2 Å². The van der Waals surface area contributed by atoms with Crippen LogP contribution in [0.25, 0.3) is 5.57 Å². The molecule has 0 spiro atoms. The third kappa shape index (κ3) is 4.65. The Bertz CT molecular complexity index is 1380. The summed E-state index contributed by atoms with van der Waals surface area (Å²) in [5.41, 5.74) is 1.37. The van der Waals surface area contributed by atoms with Crippen LogP contribution in [0.2, 0.25) is 0 Å². The molecule has 3 aliphatic heterocycles. The third-order valence-electron chi connectivity index (χ3n) is 9.71. The number of hydrogen-bond donors (Lipinski definition) is 0. The molecule has 0 N–H and O–H groups in total. The van der Waals surface area contributed by atoms with E-state index in [1.807, 2.05) is 26.8 Å². The van der Waals surface area contributed by atoms with Crippen molar-refractivity contribution in [2.45, 2.75) is 77.7 Å². The van der Waals surface area contributed by atoms with Gasteiger partial charge in [0.25, 0.3) is 0 Å². The first-order valence-electron chi connectivity index (χ1n) is 15.1. The summed E-state index contributed by atoms with van der Waals surface area (Å²) in [6.45, 7) is 4.92. The van der Waals surface area contributed by atoms with Crippen LogP contribution >= 0.6 is 0 Å². The van der Waals surface area contributed by atoms with Crippen molar-refractivity contribution in [3.05, 3.63) is 29.8 Å². The van der Waals surface area contributed by atoms with Crippen molar-refractivity contribution in [3.8, 4) is 5.75 Å². The number of amides is 5. The molecule has 4 fully saturated rings. The SMILES string of the molecule is CC1=CC(C)(C)N(C(=O)CN2C(=O)[C@H]3CCCC[C@H]3C2=O)c2ccc(OC(=O)CN3C(=O)[C@@H]4CCCC[C@H]4C3=O)cc21. The van der Waals surface area contributed by atoms with Crippen molar-refractivity contribution in [1.29, 1.82) is 0 Å². The topological polar surface area (TPSA) is 121 Å². The van der Waals surface area contributed by atoms with E-state index in [0.717, 1.165) is 41.1 Å². The van der Waals surface area contributed by atoms with Gasteiger partial charge in [0, 0.05) is 5.56 Å². The first-order chi connectivity index (χ1) is 20.0. The molecule has 10 nitrogen and oxygen atoms in total. The monoisotopic (exact) mass is 575 g/mol. The number of likely N-dealkylation sites (tertiary alicyclic amines) is 2. The number of carbonyl (C=O) groups is 6. The van der Waals surface area contributed by atoms with Crippen LogP contribution < -0.4 is 9.64 Å². The number of nitrogens with zero attached hydrogens (tertiary/aromatic N) is 3. The van der Waals surface area contributed by atoms with Gasteiger partial charge in [0.1, 0.15) is 18.8 Å². The molecule has 0 bridgehead atoms. The van der Waals surface area contributed by atoms with Crippen molar-refractivity contribution in [3.63, 3.8) is 0 Å². The fourth-order valence-corrected chi connectivity index (χ4v) is 7.80. The van der Waals surface area contributed by atoms with Crippen LogP contribution in [0.5, 0.6) is 5.75 Å². The fourth-order valence-electron chi connectivity index (χ4n) is 7.80. The van der Waals surface area contributed by atoms with Gasteiger partial charge in [0.05, 0.1) is 34.9 Å². The second-order valence-electron chi connectivity index (χ2n) is 12.9. The average Bonchev–Trinajstić information content (AvgIpc) is 3.33. The lowest BCUT2D eigenvalue weighted by Crippen LogP contribution is -2.53. The molecule has 10 heteroatoms. The summed E-state index contributed by atoms with van der Waals surface area (Å²) in [7, 11) is 0. The molecule has 0 aromatic heterocycles. The van der Waals surface area contributed by atoms with Crippen molar-refractivity contribution < 1.29 is 33.5 Å². The molecule has 4 atom stereocenters. The zero-order valence-electron chi connectivity index (χ0n) is 24.4. The number of allylic oxidation sites excluding steroid dienone is 1. The lowest BCUT2D eigenvalue weighted by Gasteiger charge is -2.42. The molecular weight excluding hydrogens is 538 g/mol. The maximum absolute atomic E-state index is 13.8. The van der Waals surface area contributed by atoms with Gasteiger partial charge >= 0.3 is 5.97 Å². The van der Waals surface area contributed by atoms with Crippen LogP contribution in [0.3, 0.4) is 0 Å². The van der Waals surface area contributed by atoms with E-state index in [2.05, 4.69) is 0 Å². The van der Waals surface area contributed by atoms with Crippen molar-refractivity contribution in [2.75, 3.05) is 18.0 Å². The number of anilines is 1. The van der Waals surface area contributed by atoms with E-state index in [4.69, 9.17) is 4.74 Å². The first kappa shape index (κ1) is 28.3. The van der Waals surface area contributed by atoms with Gasteiger partial charge in [-0.25, -0.2) is 4.79 Å². The summed E-state index contributed by atoms with van der Waals surface area (Å²) in [5, 5.41) is 0. The van der Waals surface area contributed by atoms with E-state index in [9.17, 15) is 28.8 Å². The second-order valence-corrected chi connectivity index (χ2v) is 12.9. The first-order valence-corrected chi connectivity index (χ1v) is 15.1. The van der Waals surface area contributed by atoms with Gasteiger partial charge in [0.15, 0.2) is 0 Å². The number of hydrogen-bond acceptors (Lipinski definition) is 7. The Labute approximate surface area is 245 Å². The minimum atomic E-state index is -0.738. The quantitative estimate of drug-likeness (QED) is 0.299. The highest BCUT2D eigenvalue weighted by molar-refractivity contribution is 6.10. The third-order valence-corrected chi connectivity index (χ3v) is 9.71. The Morgan fingerprint density at radius 2 is 1.26 bits per heavy atom. The van der Waals surface area contributed by atoms with Crippen LogP contribution in [-0.2, 0) is 28.8 Å². The zero-order valence-corrected chi connectivity index (χ0v) is 24.4. The normalized spacial score (nSPS) is 28.4. The van der Waals surface area contributed by atoms with E-state index in [0.29, 0.717) is 36.9 Å². The molecule has 2 saturated carbocycles. The molecular formula is C32H37N3O7. The fraction of sp³-hybridized carbons (Fsp3) is 0.562. The molecule has 3 heterocycles. The molecule has 222 valence electrons. The summed E-state index contributed by atoms with van der Waals surface area (Å²) in [6, 6.07) is 4.91. The zero-order chi connectivity index (χ0) is 29.9. The van der Waals surface area contributed by atoms with Crippen LogP contribution in [0.15, 0.2) is 24.3 Å². The summed E-state index contributed by atoms with van der Waals surface area (Å²) in [5.74, 6) is -3.28. The van der Waals surface area contributed by atoms with E-state index in [1.54, 1.807) is 23.1 Å². The van der Waals surface area contributed by atoms with Crippen LogP contribution in [0.4, 0.5) is 5.69 Å². The van der Waals surface area contributed by atoms with Crippen LogP contribution in [0.1, 0.15) is 77.7 Å². The number of rotatable bonds is 5. The standard InChI is InChI=1S/C32H37N3O7/c1-18-15-32(2,3)35(26(36)16-33-28(38)20-8-4-5-9-21(20)29(33)39)25-13-12-19(14-24(18)25)42-27(37)17-34-30(40)22-10-6-7-11-23(22)31(34)41/h12-15,20-23H,4-11,16-17H2,1-3H3/t20-,21+,22-,23-/m1/s1. The molecule has 2 aliphatic carbocycles.